The van der Waals surface area contributed by atoms with Crippen LogP contribution in [0.3, 0.4) is 0 Å². The zero-order valence-electron chi connectivity index (χ0n) is 21.0. The summed E-state index contributed by atoms with van der Waals surface area (Å²) in [6.07, 6.45) is 4.51. The molecule has 0 spiro atoms. The van der Waals surface area contributed by atoms with E-state index in [1.165, 1.54) is 0 Å². The highest BCUT2D eigenvalue weighted by atomic mass is 16.5. The summed E-state index contributed by atoms with van der Waals surface area (Å²) >= 11 is 0. The van der Waals surface area contributed by atoms with E-state index in [0.29, 0.717) is 43.1 Å². The van der Waals surface area contributed by atoms with E-state index in [4.69, 9.17) is 8.85 Å². The molecular formula is C23H32N6O3. The van der Waals surface area contributed by atoms with Crippen molar-refractivity contribution in [2.75, 3.05) is 19.6 Å². The first-order valence-corrected chi connectivity index (χ1v) is 11.3. The Morgan fingerprint density at radius 3 is 2.91 bits per heavy atom. The summed E-state index contributed by atoms with van der Waals surface area (Å²) in [7, 11) is 0. The molecule has 4 rings (SSSR count). The Hall–Kier alpha value is -2.81. The molecule has 3 N–H and O–H groups in total. The molecule has 2 heterocycles. The lowest BCUT2D eigenvalue weighted by atomic mass is 9.69. The molecule has 0 radical (unpaired) electrons. The molecule has 9 nitrogen and oxygen atoms in total. The maximum Gasteiger partial charge on any atom is 0.323 e. The highest BCUT2D eigenvalue weighted by Crippen LogP contribution is 2.40. The van der Waals surface area contributed by atoms with Crippen molar-refractivity contribution in [3.63, 3.8) is 0 Å². The van der Waals surface area contributed by atoms with Gasteiger partial charge in [-0.15, -0.1) is 10.2 Å². The maximum atomic E-state index is 12.8. The lowest BCUT2D eigenvalue weighted by molar-refractivity contribution is -0.148. The van der Waals surface area contributed by atoms with Crippen LogP contribution in [-0.4, -0.2) is 58.2 Å². The molecule has 1 saturated carbocycles. The van der Waals surface area contributed by atoms with Gasteiger partial charge in [-0.1, -0.05) is 29.8 Å². The topological polar surface area (TPSA) is 122 Å². The van der Waals surface area contributed by atoms with Gasteiger partial charge in [-0.05, 0) is 68.5 Å². The number of fused-ring (bicyclic) bond motifs is 1. The largest absolute Gasteiger partial charge is 0.464 e. The van der Waals surface area contributed by atoms with Gasteiger partial charge >= 0.3 is 5.97 Å². The van der Waals surface area contributed by atoms with Gasteiger partial charge < -0.3 is 15.4 Å². The fourth-order valence-electron chi connectivity index (χ4n) is 4.51. The third kappa shape index (κ3) is 6.12. The molecule has 4 atom stereocenters. The SMILES string of the molecule is [2H]C1([2H])N[C@]([2H])(C(=O)OCCCNC(=O)c2ccccc2)C[C@H]2C[C@@H](CCc3nn[nH]n3)CC[C@H]21. The Balaban J connectivity index is 1.25. The number of H-pyrrole nitrogens is 1. The average Bonchev–Trinajstić information content (AvgIpc) is 3.36. The number of carbonyl (C=O) groups is 2. The molecule has 1 aliphatic heterocycles. The quantitative estimate of drug-likeness (QED) is 0.400. The smallest absolute Gasteiger partial charge is 0.323 e. The van der Waals surface area contributed by atoms with Gasteiger partial charge in [0.15, 0.2) is 5.82 Å². The number of aromatic nitrogens is 4. The van der Waals surface area contributed by atoms with E-state index >= 15 is 0 Å². The minimum atomic E-state index is -1.84. The minimum Gasteiger partial charge on any atom is -0.464 e. The molecule has 0 bridgehead atoms. The number of nitrogens with one attached hydrogen (secondary N) is 3. The number of nitrogens with zero attached hydrogens (tertiary/aromatic N) is 3. The standard InChI is InChI=1S/C23H32N6O3/c30-22(17-5-2-1-3-6-17)24-11-4-12-32-23(31)20-14-19-13-16(7-9-18(19)15-25-20)8-10-21-26-28-29-27-21/h1-3,5-6,16,18-20,25H,4,7-15H2,(H,24,30)(H,26,27,28,29)/t16-,18+,19-,20+/m1/s1/i15D2,20D. The van der Waals surface area contributed by atoms with Gasteiger partial charge in [0.05, 0.1) is 7.98 Å². The Bertz CT molecular complexity index is 994. The molecular weight excluding hydrogens is 408 g/mol. The van der Waals surface area contributed by atoms with Crippen LogP contribution in [0.1, 0.15) is 58.8 Å². The van der Waals surface area contributed by atoms with E-state index < -0.39 is 18.5 Å². The number of esters is 1. The van der Waals surface area contributed by atoms with E-state index in [9.17, 15) is 9.59 Å². The monoisotopic (exact) mass is 443 g/mol. The fraction of sp³-hybridized carbons (Fsp3) is 0.609. The van der Waals surface area contributed by atoms with Gasteiger partial charge in [0.2, 0.25) is 0 Å². The van der Waals surface area contributed by atoms with E-state index in [1.54, 1.807) is 24.3 Å². The van der Waals surface area contributed by atoms with Gasteiger partial charge in [-0.25, -0.2) is 0 Å². The predicted octanol–water partition coefficient (Wildman–Crippen LogP) is 1.89. The number of ether oxygens (including phenoxy) is 1. The highest BCUT2D eigenvalue weighted by molar-refractivity contribution is 5.94. The second-order valence-corrected chi connectivity index (χ2v) is 8.48. The number of amides is 1. The van der Waals surface area contributed by atoms with Gasteiger partial charge in [0.25, 0.3) is 5.91 Å². The number of tetrazole rings is 1. The molecule has 1 amide bonds. The number of hydrogen-bond acceptors (Lipinski definition) is 7. The van der Waals surface area contributed by atoms with E-state index in [1.807, 2.05) is 6.07 Å². The summed E-state index contributed by atoms with van der Waals surface area (Å²) in [5.41, 5.74) is 0.556. The van der Waals surface area contributed by atoms with Crippen LogP contribution >= 0.6 is 0 Å². The molecule has 172 valence electrons. The number of carbonyl (C=O) groups excluding carboxylic acids is 2. The summed E-state index contributed by atoms with van der Waals surface area (Å²) in [5, 5.41) is 19.4. The van der Waals surface area contributed by atoms with E-state index in [2.05, 4.69) is 31.3 Å². The molecule has 0 unspecified atom stereocenters. The zero-order valence-corrected chi connectivity index (χ0v) is 18.0. The van der Waals surface area contributed by atoms with Crippen molar-refractivity contribution >= 4 is 11.9 Å². The summed E-state index contributed by atoms with van der Waals surface area (Å²) < 4.78 is 31.1. The van der Waals surface area contributed by atoms with Crippen LogP contribution in [0, 0.1) is 17.8 Å². The first-order chi connectivity index (χ1) is 16.8. The van der Waals surface area contributed by atoms with Gasteiger partial charge in [0.1, 0.15) is 6.02 Å². The van der Waals surface area contributed by atoms with Crippen molar-refractivity contribution in [3.8, 4) is 0 Å². The Kier molecular flexibility index (Phi) is 6.54. The number of hydrogen-bond donors (Lipinski definition) is 3. The molecule has 32 heavy (non-hydrogen) atoms. The first-order valence-electron chi connectivity index (χ1n) is 12.8. The highest BCUT2D eigenvalue weighted by Gasteiger charge is 2.38. The first kappa shape index (κ1) is 18.7. The van der Waals surface area contributed by atoms with Crippen LogP contribution in [-0.2, 0) is 16.0 Å². The van der Waals surface area contributed by atoms with Crippen LogP contribution in [0.2, 0.25) is 0 Å². The second-order valence-electron chi connectivity index (χ2n) is 8.48. The molecule has 1 aliphatic carbocycles. The van der Waals surface area contributed by atoms with Gasteiger partial charge in [-0.3, -0.25) is 9.59 Å². The van der Waals surface area contributed by atoms with Crippen LogP contribution < -0.4 is 10.6 Å². The predicted molar refractivity (Wildman–Crippen MR) is 118 cm³/mol. The Morgan fingerprint density at radius 2 is 2.09 bits per heavy atom. The van der Waals surface area contributed by atoms with Crippen molar-refractivity contribution < 1.29 is 18.4 Å². The third-order valence-electron chi connectivity index (χ3n) is 6.25. The Labute approximate surface area is 192 Å². The molecule has 2 aliphatic rings. The van der Waals surface area contributed by atoms with Crippen molar-refractivity contribution in [2.24, 2.45) is 17.8 Å². The third-order valence-corrected chi connectivity index (χ3v) is 6.25. The second kappa shape index (κ2) is 11.2. The maximum absolute atomic E-state index is 12.8. The molecule has 2 fully saturated rings. The van der Waals surface area contributed by atoms with Crippen molar-refractivity contribution in [1.29, 1.82) is 0 Å². The van der Waals surface area contributed by atoms with E-state index in [-0.39, 0.29) is 30.8 Å². The number of piperidine rings is 1. The molecule has 9 heteroatoms. The van der Waals surface area contributed by atoms with Crippen LogP contribution in [0.5, 0.6) is 0 Å². The average molecular weight is 444 g/mol. The number of aryl methyl sites for hydroxylation is 1. The lowest BCUT2D eigenvalue weighted by Crippen LogP contribution is -2.50. The number of aromatic amines is 1. The normalized spacial score (nSPS) is 30.2. The minimum absolute atomic E-state index is 0.0423. The van der Waals surface area contributed by atoms with Crippen molar-refractivity contribution in [1.82, 2.24) is 31.3 Å². The summed E-state index contributed by atoms with van der Waals surface area (Å²) in [5.74, 6) is -0.298. The van der Waals surface area contributed by atoms with Crippen LogP contribution in [0.25, 0.3) is 0 Å². The molecule has 1 aromatic heterocycles. The zero-order chi connectivity index (χ0) is 24.9. The van der Waals surface area contributed by atoms with E-state index in [0.717, 1.165) is 19.3 Å². The van der Waals surface area contributed by atoms with Crippen molar-refractivity contribution in [2.45, 2.75) is 51.0 Å². The fourth-order valence-corrected chi connectivity index (χ4v) is 4.51. The number of benzene rings is 1. The summed E-state index contributed by atoms with van der Waals surface area (Å²) in [6.45, 7) is -1.46. The van der Waals surface area contributed by atoms with Crippen LogP contribution in [0.15, 0.2) is 30.3 Å². The number of rotatable bonds is 9. The Morgan fingerprint density at radius 1 is 1.22 bits per heavy atom. The van der Waals surface area contributed by atoms with Gasteiger partial charge in [-0.2, -0.15) is 5.21 Å². The lowest BCUT2D eigenvalue weighted by Gasteiger charge is -2.42. The molecule has 1 aromatic carbocycles. The molecule has 2 aromatic rings. The van der Waals surface area contributed by atoms with Gasteiger partial charge in [0, 0.05) is 21.3 Å². The molecule has 1 saturated heterocycles. The van der Waals surface area contributed by atoms with Crippen LogP contribution in [0.4, 0.5) is 0 Å². The van der Waals surface area contributed by atoms with Crippen molar-refractivity contribution in [3.05, 3.63) is 41.7 Å². The summed E-state index contributed by atoms with van der Waals surface area (Å²) in [4.78, 5) is 24.9. The summed E-state index contributed by atoms with van der Waals surface area (Å²) in [6, 6.07) is 7.00.